The number of hydrogen-bond acceptors (Lipinski definition) is 3. The number of nitrogens with two attached hydrogens (primary N) is 1. The molecule has 0 aromatic carbocycles. The minimum absolute atomic E-state index is 0.0696. The highest BCUT2D eigenvalue weighted by molar-refractivity contribution is 5.84. The Balaban J connectivity index is 2.59. The number of halogens is 3. The van der Waals surface area contributed by atoms with Gasteiger partial charge in [-0.15, -0.1) is 0 Å². The number of hydrogen-bond donors (Lipinski definition) is 2. The molecule has 0 aromatic heterocycles. The average Bonchev–Trinajstić information content (AvgIpc) is 2.26. The molecular weight excluding hydrogens is 271 g/mol. The normalized spacial score (nSPS) is 21.9. The number of nitrogens with zero attached hydrogens (tertiary/aromatic N) is 1. The van der Waals surface area contributed by atoms with Crippen LogP contribution < -0.4 is 11.1 Å². The van der Waals surface area contributed by atoms with Gasteiger partial charge in [0.2, 0.25) is 5.91 Å². The average molecular weight is 295 g/mol. The van der Waals surface area contributed by atoms with Gasteiger partial charge in [-0.25, -0.2) is 0 Å². The maximum Gasteiger partial charge on any atom is 0.391 e. The molecule has 118 valence electrons. The van der Waals surface area contributed by atoms with Crippen LogP contribution in [0.15, 0.2) is 0 Å². The molecule has 1 aliphatic heterocycles. The van der Waals surface area contributed by atoms with E-state index in [1.54, 1.807) is 6.92 Å². The van der Waals surface area contributed by atoms with Crippen molar-refractivity contribution in [3.05, 3.63) is 0 Å². The zero-order chi connectivity index (χ0) is 15.6. The van der Waals surface area contributed by atoms with Crippen molar-refractivity contribution < 1.29 is 18.0 Å². The van der Waals surface area contributed by atoms with E-state index in [4.69, 9.17) is 5.73 Å². The van der Waals surface area contributed by atoms with E-state index in [1.807, 2.05) is 18.7 Å². The first-order valence-electron chi connectivity index (χ1n) is 6.91. The summed E-state index contributed by atoms with van der Waals surface area (Å²) in [5.41, 5.74) is 4.51. The molecule has 1 amide bonds. The zero-order valence-electron chi connectivity index (χ0n) is 12.3. The molecule has 0 spiro atoms. The lowest BCUT2D eigenvalue weighted by molar-refractivity contribution is -0.185. The molecule has 1 atom stereocenters. The summed E-state index contributed by atoms with van der Waals surface area (Å²) in [6.07, 6.45) is -3.95. The molecule has 20 heavy (non-hydrogen) atoms. The third-order valence-corrected chi connectivity index (χ3v) is 3.74. The number of carbonyl (C=O) groups is 1. The van der Waals surface area contributed by atoms with Crippen LogP contribution in [0.2, 0.25) is 0 Å². The van der Waals surface area contributed by atoms with E-state index in [2.05, 4.69) is 5.32 Å². The topological polar surface area (TPSA) is 58.4 Å². The van der Waals surface area contributed by atoms with Gasteiger partial charge in [-0.2, -0.15) is 13.2 Å². The third kappa shape index (κ3) is 4.63. The van der Waals surface area contributed by atoms with Gasteiger partial charge in [-0.05, 0) is 46.7 Å². The van der Waals surface area contributed by atoms with Crippen molar-refractivity contribution >= 4 is 5.91 Å². The highest BCUT2D eigenvalue weighted by atomic mass is 19.4. The first-order valence-corrected chi connectivity index (χ1v) is 6.91. The summed E-state index contributed by atoms with van der Waals surface area (Å²) in [5, 5.41) is 3.11. The summed E-state index contributed by atoms with van der Waals surface area (Å²) in [7, 11) is 0. The van der Waals surface area contributed by atoms with Crippen LogP contribution in [0.4, 0.5) is 13.2 Å². The van der Waals surface area contributed by atoms with Crippen molar-refractivity contribution in [1.29, 1.82) is 0 Å². The standard InChI is InChI=1S/C13H24F3N3O/c1-9(2)18-12(3,11(17)20)8-19-6-4-10(5-7-19)13(14,15)16/h9-10,18H,4-8H2,1-3H3,(H2,17,20). The molecule has 0 radical (unpaired) electrons. The molecule has 1 saturated heterocycles. The van der Waals surface area contributed by atoms with Crippen molar-refractivity contribution in [1.82, 2.24) is 10.2 Å². The molecule has 1 aliphatic rings. The summed E-state index contributed by atoms with van der Waals surface area (Å²) >= 11 is 0. The SMILES string of the molecule is CC(C)NC(C)(CN1CCC(C(F)(F)F)CC1)C(N)=O. The Labute approximate surface area is 117 Å². The molecular formula is C13H24F3N3O. The number of amides is 1. The van der Waals surface area contributed by atoms with Crippen molar-refractivity contribution in [3.8, 4) is 0 Å². The lowest BCUT2D eigenvalue weighted by atomic mass is 9.93. The first kappa shape index (κ1) is 17.2. The Bertz CT molecular complexity index is 338. The van der Waals surface area contributed by atoms with Gasteiger partial charge < -0.3 is 16.0 Å². The molecule has 1 rings (SSSR count). The Morgan fingerprint density at radius 3 is 2.20 bits per heavy atom. The van der Waals surface area contributed by atoms with E-state index in [0.29, 0.717) is 19.6 Å². The van der Waals surface area contributed by atoms with Gasteiger partial charge in [0, 0.05) is 12.6 Å². The summed E-state index contributed by atoms with van der Waals surface area (Å²) in [5.74, 6) is -1.71. The Morgan fingerprint density at radius 2 is 1.85 bits per heavy atom. The van der Waals surface area contributed by atoms with E-state index in [-0.39, 0.29) is 18.9 Å². The second kappa shape index (κ2) is 6.30. The number of alkyl halides is 3. The van der Waals surface area contributed by atoms with Crippen LogP contribution in [0.5, 0.6) is 0 Å². The molecule has 0 aromatic rings. The number of rotatable bonds is 5. The minimum Gasteiger partial charge on any atom is -0.368 e. The molecule has 0 aliphatic carbocycles. The molecule has 7 heteroatoms. The van der Waals surface area contributed by atoms with Crippen LogP contribution in [-0.4, -0.2) is 48.2 Å². The third-order valence-electron chi connectivity index (χ3n) is 3.74. The van der Waals surface area contributed by atoms with Crippen molar-refractivity contribution in [2.45, 2.75) is 51.4 Å². The van der Waals surface area contributed by atoms with Crippen LogP contribution in [0.1, 0.15) is 33.6 Å². The monoisotopic (exact) mass is 295 g/mol. The maximum absolute atomic E-state index is 12.6. The molecule has 1 unspecified atom stereocenters. The highest BCUT2D eigenvalue weighted by Gasteiger charge is 2.42. The Hall–Kier alpha value is -0.820. The molecule has 4 nitrogen and oxygen atoms in total. The zero-order valence-corrected chi connectivity index (χ0v) is 12.3. The van der Waals surface area contributed by atoms with Crippen molar-refractivity contribution in [3.63, 3.8) is 0 Å². The van der Waals surface area contributed by atoms with E-state index in [1.165, 1.54) is 0 Å². The minimum atomic E-state index is -4.12. The smallest absolute Gasteiger partial charge is 0.368 e. The van der Waals surface area contributed by atoms with Gasteiger partial charge in [-0.3, -0.25) is 4.79 Å². The van der Waals surface area contributed by atoms with E-state index >= 15 is 0 Å². The van der Waals surface area contributed by atoms with Crippen LogP contribution in [0, 0.1) is 5.92 Å². The van der Waals surface area contributed by atoms with Gasteiger partial charge >= 0.3 is 6.18 Å². The summed E-state index contributed by atoms with van der Waals surface area (Å²) < 4.78 is 37.8. The molecule has 1 fully saturated rings. The molecule has 0 saturated carbocycles. The summed E-state index contributed by atoms with van der Waals surface area (Å²) in [6.45, 7) is 6.52. The largest absolute Gasteiger partial charge is 0.391 e. The fourth-order valence-electron chi connectivity index (χ4n) is 2.70. The highest BCUT2D eigenvalue weighted by Crippen LogP contribution is 2.34. The van der Waals surface area contributed by atoms with Gasteiger partial charge in [-0.1, -0.05) is 0 Å². The molecule has 0 bridgehead atoms. The fraction of sp³-hybridized carbons (Fsp3) is 0.923. The Kier molecular flexibility index (Phi) is 5.43. The van der Waals surface area contributed by atoms with Gasteiger partial charge in [0.05, 0.1) is 5.92 Å². The van der Waals surface area contributed by atoms with Crippen LogP contribution in [-0.2, 0) is 4.79 Å². The number of carbonyl (C=O) groups excluding carboxylic acids is 1. The molecule has 3 N–H and O–H groups in total. The van der Waals surface area contributed by atoms with E-state index in [9.17, 15) is 18.0 Å². The van der Waals surface area contributed by atoms with Gasteiger partial charge in [0.1, 0.15) is 5.54 Å². The van der Waals surface area contributed by atoms with Crippen molar-refractivity contribution in [2.24, 2.45) is 11.7 Å². The molecule has 1 heterocycles. The number of nitrogens with one attached hydrogen (secondary N) is 1. The van der Waals surface area contributed by atoms with E-state index < -0.39 is 23.5 Å². The lowest BCUT2D eigenvalue weighted by Crippen LogP contribution is -2.62. The summed E-state index contributed by atoms with van der Waals surface area (Å²) in [4.78, 5) is 13.5. The number of primary amides is 1. The van der Waals surface area contributed by atoms with Crippen LogP contribution in [0.3, 0.4) is 0 Å². The first-order chi connectivity index (χ1) is 9.04. The predicted octanol–water partition coefficient (Wildman–Crippen LogP) is 1.50. The number of likely N-dealkylation sites (tertiary alicyclic amines) is 1. The second-order valence-electron chi connectivity index (χ2n) is 6.09. The lowest BCUT2D eigenvalue weighted by Gasteiger charge is -2.39. The maximum atomic E-state index is 12.6. The predicted molar refractivity (Wildman–Crippen MR) is 71.1 cm³/mol. The number of piperidine rings is 1. The van der Waals surface area contributed by atoms with Gasteiger partial charge in [0.25, 0.3) is 0 Å². The second-order valence-corrected chi connectivity index (χ2v) is 6.09. The van der Waals surface area contributed by atoms with E-state index in [0.717, 1.165) is 0 Å². The van der Waals surface area contributed by atoms with Crippen LogP contribution in [0.25, 0.3) is 0 Å². The van der Waals surface area contributed by atoms with Gasteiger partial charge in [0.15, 0.2) is 0 Å². The summed E-state index contributed by atoms with van der Waals surface area (Å²) in [6, 6.07) is 0.0696. The fourth-order valence-corrected chi connectivity index (χ4v) is 2.70. The van der Waals surface area contributed by atoms with Crippen LogP contribution >= 0.6 is 0 Å². The quantitative estimate of drug-likeness (QED) is 0.808. The Morgan fingerprint density at radius 1 is 1.35 bits per heavy atom. The van der Waals surface area contributed by atoms with Crippen molar-refractivity contribution in [2.75, 3.05) is 19.6 Å².